The normalized spacial score (nSPS) is 17.1. The molecule has 0 saturated carbocycles. The lowest BCUT2D eigenvalue weighted by Crippen LogP contribution is -2.35. The van der Waals surface area contributed by atoms with E-state index in [4.69, 9.17) is 49.7 Å². The number of anilines is 4. The molecule has 6 aliphatic heterocycles. The van der Waals surface area contributed by atoms with Gasteiger partial charge < -0.3 is 75.4 Å². The van der Waals surface area contributed by atoms with E-state index < -0.39 is 50.4 Å². The van der Waals surface area contributed by atoms with Crippen LogP contribution in [-0.2, 0) is 46.3 Å². The van der Waals surface area contributed by atoms with Gasteiger partial charge in [0.2, 0.25) is 0 Å². The third-order valence-corrected chi connectivity index (χ3v) is 16.7. The van der Waals surface area contributed by atoms with Gasteiger partial charge >= 0.3 is 33.1 Å². The lowest BCUT2D eigenvalue weighted by Gasteiger charge is -2.37. The van der Waals surface area contributed by atoms with Crippen molar-refractivity contribution in [3.63, 3.8) is 0 Å². The Kier molecular flexibility index (Phi) is 14.0. The van der Waals surface area contributed by atoms with Crippen LogP contribution in [0.2, 0.25) is 0 Å². The molecule has 1 atom stereocenters. The molecule has 20 nitrogen and oxygen atoms in total. The summed E-state index contributed by atoms with van der Waals surface area (Å²) in [5.74, 6) is 1.59. The highest BCUT2D eigenvalue weighted by Crippen LogP contribution is 2.59. The van der Waals surface area contributed by atoms with Gasteiger partial charge in [-0.2, -0.15) is 0 Å². The quantitative estimate of drug-likeness (QED) is 0.0281. The van der Waals surface area contributed by atoms with Crippen molar-refractivity contribution in [3.05, 3.63) is 267 Å². The highest BCUT2D eigenvalue weighted by atomic mass is 31.2. The van der Waals surface area contributed by atoms with Gasteiger partial charge in [0.15, 0.2) is 16.8 Å². The molecule has 0 radical (unpaired) electrons. The van der Waals surface area contributed by atoms with Crippen LogP contribution in [0.5, 0.6) is 28.7 Å². The number of allylic oxidation sites excluding steroid dienone is 1. The maximum Gasteiger partial charge on any atom is 0.344 e. The Bertz CT molecular complexity index is 4260. The van der Waals surface area contributed by atoms with Gasteiger partial charge in [-0.3, -0.25) is 9.13 Å². The van der Waals surface area contributed by atoms with Crippen LogP contribution in [0.1, 0.15) is 81.1 Å². The molecule has 8 aromatic rings. The standard InChI is InChI=1S/C22H18N2O3.C22H21NO9P2.C20H14N2O3/c1-23-13-7-9-17-19(11-13)26-20-12-14(24-2)8-10-18(20)22(17)16-6-4-3-5-15(16)21(25)27-22;1-2-16-19(9-10-23-13-34(28,29)30)31-20-11-14(12-33(25,26)27)7-8-18(20)22(16)17-6-4-3-5-15(17)21(24)32-22;21-11-5-7-15-17(9-11)24-18-10-12(22)6-8-16(18)20(15)14-4-2-1-3-13(14)19(23)25-20/h3-12,23-24H,1-2H3;2-11,23H,1,12-13H2,(H2,25,26,27)(H2,28,29,30);1-10H,21-22H2/b;10-9+;. The minimum Gasteiger partial charge on any atom is -0.456 e. The van der Waals surface area contributed by atoms with Crippen LogP contribution in [-0.4, -0.2) is 57.9 Å². The van der Waals surface area contributed by atoms with Crippen molar-refractivity contribution in [1.82, 2.24) is 5.32 Å². The van der Waals surface area contributed by atoms with E-state index >= 15 is 0 Å². The summed E-state index contributed by atoms with van der Waals surface area (Å²) in [5.41, 5.74) is 19.3. The number of ether oxygens (including phenoxy) is 6. The molecule has 0 aliphatic carbocycles. The van der Waals surface area contributed by atoms with Gasteiger partial charge in [-0.15, -0.1) is 0 Å². The lowest BCUT2D eigenvalue weighted by atomic mass is 9.77. The van der Waals surface area contributed by atoms with Crippen molar-refractivity contribution >= 4 is 55.8 Å². The molecular weight excluding hydrogens is 1140 g/mol. The number of benzene rings is 8. The van der Waals surface area contributed by atoms with E-state index in [2.05, 4.69) is 22.5 Å². The summed E-state index contributed by atoms with van der Waals surface area (Å²) >= 11 is 0. The molecule has 6 heterocycles. The van der Waals surface area contributed by atoms with Gasteiger partial charge in [-0.25, -0.2) is 14.4 Å². The molecule has 0 bridgehead atoms. The summed E-state index contributed by atoms with van der Waals surface area (Å²) in [6.07, 6.45) is 3.03. The fourth-order valence-electron chi connectivity index (χ4n) is 11.8. The number of hydrogen-bond donors (Lipinski definition) is 9. The van der Waals surface area contributed by atoms with Crippen LogP contribution >= 0.6 is 15.2 Å². The second kappa shape index (κ2) is 21.3. The van der Waals surface area contributed by atoms with Gasteiger partial charge in [0.1, 0.15) is 40.8 Å². The first kappa shape index (κ1) is 56.6. The molecule has 86 heavy (non-hydrogen) atoms. The second-order valence-electron chi connectivity index (χ2n) is 20.6. The lowest BCUT2D eigenvalue weighted by molar-refractivity contribution is 0.0209. The topological polar surface area (TPSA) is 310 Å². The summed E-state index contributed by atoms with van der Waals surface area (Å²) in [7, 11) is -4.94. The summed E-state index contributed by atoms with van der Waals surface area (Å²) in [6, 6.07) is 48.8. The minimum atomic E-state index is -4.36. The van der Waals surface area contributed by atoms with Crippen LogP contribution in [0.25, 0.3) is 0 Å². The third kappa shape index (κ3) is 9.50. The molecule has 434 valence electrons. The van der Waals surface area contributed by atoms with Gasteiger partial charge in [0.05, 0.1) is 22.9 Å². The van der Waals surface area contributed by atoms with Crippen molar-refractivity contribution in [2.75, 3.05) is 42.5 Å². The van der Waals surface area contributed by atoms with E-state index in [1.807, 2.05) is 105 Å². The molecular formula is C64H53N5O15P2. The van der Waals surface area contributed by atoms with Gasteiger partial charge in [0, 0.05) is 117 Å². The number of nitrogens with one attached hydrogen (secondary N) is 3. The zero-order valence-corrected chi connectivity index (χ0v) is 47.6. The van der Waals surface area contributed by atoms with Crippen LogP contribution in [0.15, 0.2) is 200 Å². The maximum absolute atomic E-state index is 12.8. The monoisotopic (exact) mass is 1190 g/mol. The first-order chi connectivity index (χ1) is 41.2. The Hall–Kier alpha value is -9.91. The molecule has 14 rings (SSSR count). The Morgan fingerprint density at radius 1 is 0.488 bits per heavy atom. The number of nitrogen functional groups attached to an aromatic ring is 2. The van der Waals surface area contributed by atoms with E-state index in [-0.39, 0.29) is 23.4 Å². The Morgan fingerprint density at radius 3 is 1.33 bits per heavy atom. The number of hydrogen-bond acceptors (Lipinski definition) is 16. The predicted octanol–water partition coefficient (Wildman–Crippen LogP) is 10.6. The number of rotatable bonds is 9. The molecule has 1 unspecified atom stereocenters. The molecule has 8 aromatic carbocycles. The minimum absolute atomic E-state index is 0.165. The molecule has 22 heteroatoms. The van der Waals surface area contributed by atoms with E-state index in [0.29, 0.717) is 73.3 Å². The molecule has 11 N–H and O–H groups in total. The van der Waals surface area contributed by atoms with Crippen molar-refractivity contribution in [2.45, 2.75) is 23.0 Å². The number of carbonyl (C=O) groups excluding carboxylic acids is 3. The number of esters is 3. The van der Waals surface area contributed by atoms with Crippen molar-refractivity contribution in [2.24, 2.45) is 0 Å². The van der Waals surface area contributed by atoms with E-state index in [0.717, 1.165) is 44.8 Å². The highest BCUT2D eigenvalue weighted by molar-refractivity contribution is 7.51. The summed E-state index contributed by atoms with van der Waals surface area (Å²) in [6.45, 7) is 3.85. The highest BCUT2D eigenvalue weighted by Gasteiger charge is 2.56. The Labute approximate surface area is 491 Å². The van der Waals surface area contributed by atoms with Crippen molar-refractivity contribution < 1.29 is 71.5 Å². The van der Waals surface area contributed by atoms with E-state index in [1.165, 1.54) is 30.5 Å². The predicted molar refractivity (Wildman–Crippen MR) is 319 cm³/mol. The molecule has 0 fully saturated rings. The average Bonchev–Trinajstić information content (AvgIpc) is 1.52. The maximum atomic E-state index is 12.8. The molecule has 6 aliphatic rings. The Balaban J connectivity index is 0.000000128. The van der Waals surface area contributed by atoms with E-state index in [1.54, 1.807) is 60.7 Å². The van der Waals surface area contributed by atoms with Crippen molar-refractivity contribution in [3.8, 4) is 28.7 Å². The molecule has 0 aromatic heterocycles. The number of nitrogens with two attached hydrogens (primary N) is 2. The first-order valence-corrected chi connectivity index (χ1v) is 30.3. The van der Waals surface area contributed by atoms with Crippen LogP contribution in [0, 0.1) is 0 Å². The van der Waals surface area contributed by atoms with Crippen molar-refractivity contribution in [1.29, 1.82) is 0 Å². The first-order valence-electron chi connectivity index (χ1n) is 26.7. The van der Waals surface area contributed by atoms with E-state index in [9.17, 15) is 33.3 Å². The van der Waals surface area contributed by atoms with Crippen LogP contribution in [0.3, 0.4) is 0 Å². The summed E-state index contributed by atoms with van der Waals surface area (Å²) < 4.78 is 58.9. The zero-order chi connectivity index (χ0) is 60.5. The summed E-state index contributed by atoms with van der Waals surface area (Å²) in [5, 5.41) is 8.75. The SMILES string of the molecule is C=CC1=C(/C=C/NCP(=O)(O)O)Oc2cc(CP(=O)(O)O)ccc2C12OC(=O)c1ccccc12.CNc1ccc2c(c1)Oc1cc(NC)ccc1C21OC(=O)c2ccccc21.Nc1ccc2c(c1)Oc1cc(N)ccc1C21OC(=O)c2ccccc21. The van der Waals surface area contributed by atoms with Gasteiger partial charge in [-0.1, -0.05) is 79.4 Å². The second-order valence-corrected chi connectivity index (χ2v) is 23.9. The third-order valence-electron chi connectivity index (χ3n) is 15.4. The smallest absolute Gasteiger partial charge is 0.344 e. The average molecular weight is 1190 g/mol. The number of carbonyl (C=O) groups is 3. The van der Waals surface area contributed by atoms with Gasteiger partial charge in [0.25, 0.3) is 0 Å². The number of fused-ring (bicyclic) bond motifs is 16. The largest absolute Gasteiger partial charge is 0.456 e. The Morgan fingerprint density at radius 2 is 0.884 bits per heavy atom. The van der Waals surface area contributed by atoms with Gasteiger partial charge in [-0.05, 0) is 84.4 Å². The van der Waals surface area contributed by atoms with Crippen LogP contribution < -0.4 is 41.6 Å². The fourth-order valence-corrected chi connectivity index (χ4v) is 12.8. The summed E-state index contributed by atoms with van der Waals surface area (Å²) in [4.78, 5) is 75.0. The fraction of sp³-hybridized carbons (Fsp3) is 0.109. The van der Waals surface area contributed by atoms with Crippen LogP contribution in [0.4, 0.5) is 22.7 Å². The molecule has 0 amide bonds. The zero-order valence-electron chi connectivity index (χ0n) is 45.8. The molecule has 0 saturated heterocycles. The molecule has 3 spiro atoms.